The smallest absolute Gasteiger partial charge is 0.293 e. The second-order valence-corrected chi connectivity index (χ2v) is 1.40. The predicted octanol–water partition coefficient (Wildman–Crippen LogP) is 0.441. The molecule has 1 heterocycles. The van der Waals surface area contributed by atoms with Gasteiger partial charge < -0.3 is 4.42 Å². The minimum Gasteiger partial charge on any atom is -0.442 e. The van der Waals surface area contributed by atoms with Crippen molar-refractivity contribution in [3.63, 3.8) is 0 Å². The van der Waals surface area contributed by atoms with Crippen molar-refractivity contribution < 1.29 is 9.21 Å². The third kappa shape index (κ3) is 0.753. The normalized spacial score (nSPS) is 9.12. The fourth-order valence-corrected chi connectivity index (χ4v) is 0.401. The van der Waals surface area contributed by atoms with Gasteiger partial charge in [-0.3, -0.25) is 4.79 Å². The van der Waals surface area contributed by atoms with Gasteiger partial charge >= 0.3 is 0 Å². The summed E-state index contributed by atoms with van der Waals surface area (Å²) in [5.41, 5.74) is 0.698. The van der Waals surface area contributed by atoms with Gasteiger partial charge in [0, 0.05) is 0 Å². The lowest BCUT2D eigenvalue weighted by Gasteiger charge is -1.67. The zero-order chi connectivity index (χ0) is 5.98. The third-order valence-corrected chi connectivity index (χ3v) is 0.706. The molecular weight excluding hydrogens is 106 g/mol. The lowest BCUT2D eigenvalue weighted by Crippen LogP contribution is -1.76. The van der Waals surface area contributed by atoms with Crippen LogP contribution < -0.4 is 0 Å². The van der Waals surface area contributed by atoms with Crippen molar-refractivity contribution in [1.82, 2.24) is 4.98 Å². The molecule has 0 aliphatic heterocycles. The summed E-state index contributed by atoms with van der Waals surface area (Å²) in [6.07, 6.45) is 2.92. The van der Waals surface area contributed by atoms with Gasteiger partial charge in [-0.25, -0.2) is 4.98 Å². The largest absolute Gasteiger partial charge is 0.442 e. The molecule has 0 unspecified atom stereocenters. The molecule has 8 heavy (non-hydrogen) atoms. The minimum atomic E-state index is 0.0162. The molecule has 0 spiro atoms. The van der Waals surface area contributed by atoms with Crippen LogP contribution in [0.25, 0.3) is 0 Å². The van der Waals surface area contributed by atoms with Crippen molar-refractivity contribution in [2.45, 2.75) is 6.92 Å². The van der Waals surface area contributed by atoms with E-state index in [2.05, 4.69) is 9.40 Å². The highest BCUT2D eigenvalue weighted by atomic mass is 16.3. The van der Waals surface area contributed by atoms with Crippen LogP contribution in [0.5, 0.6) is 0 Å². The molecule has 0 saturated heterocycles. The summed E-state index contributed by atoms with van der Waals surface area (Å²) < 4.78 is 4.58. The molecule has 1 radical (unpaired) electrons. The summed E-state index contributed by atoms with van der Waals surface area (Å²) in [4.78, 5) is 13.4. The number of rotatable bonds is 1. The molecule has 41 valence electrons. The van der Waals surface area contributed by atoms with Crippen LogP contribution in [0.2, 0.25) is 0 Å². The van der Waals surface area contributed by atoms with Crippen LogP contribution in [0.4, 0.5) is 0 Å². The molecule has 0 aliphatic carbocycles. The van der Waals surface area contributed by atoms with Crippen molar-refractivity contribution in [1.29, 1.82) is 0 Å². The monoisotopic (exact) mass is 110 g/mol. The average Bonchev–Trinajstić information content (AvgIpc) is 2.14. The molecule has 0 atom stereocenters. The molecule has 1 aromatic rings. The highest BCUT2D eigenvalue weighted by molar-refractivity contribution is 5.67. The average molecular weight is 110 g/mol. The number of hydrogen-bond acceptors (Lipinski definition) is 3. The summed E-state index contributed by atoms with van der Waals surface area (Å²) in [5.74, 6) is 0.0162. The Morgan fingerprint density at radius 1 is 1.88 bits per heavy atom. The standard InChI is InChI=1S/C5H4NO2/c1-4-3-8-5(2-7)6-4/h3H,1H3. The molecule has 0 aromatic carbocycles. The van der Waals surface area contributed by atoms with E-state index in [0.29, 0.717) is 5.69 Å². The van der Waals surface area contributed by atoms with Crippen molar-refractivity contribution in [2.75, 3.05) is 0 Å². The van der Waals surface area contributed by atoms with Crippen LogP contribution in [-0.4, -0.2) is 11.3 Å². The Balaban J connectivity index is 3.00. The molecule has 3 heteroatoms. The van der Waals surface area contributed by atoms with E-state index in [1.54, 1.807) is 6.92 Å². The minimum absolute atomic E-state index is 0.0162. The fourth-order valence-electron chi connectivity index (χ4n) is 0.401. The second-order valence-electron chi connectivity index (χ2n) is 1.40. The van der Waals surface area contributed by atoms with Crippen LogP contribution >= 0.6 is 0 Å². The number of aromatic nitrogens is 1. The molecule has 0 saturated carbocycles. The Morgan fingerprint density at radius 3 is 2.88 bits per heavy atom. The van der Waals surface area contributed by atoms with Gasteiger partial charge in [0.2, 0.25) is 0 Å². The van der Waals surface area contributed by atoms with Crippen molar-refractivity contribution in [2.24, 2.45) is 0 Å². The summed E-state index contributed by atoms with van der Waals surface area (Å²) in [5, 5.41) is 0. The highest BCUT2D eigenvalue weighted by Gasteiger charge is 1.95. The summed E-state index contributed by atoms with van der Waals surface area (Å²) in [6.45, 7) is 1.74. The number of carbonyl (C=O) groups excluding carboxylic acids is 1. The van der Waals surface area contributed by atoms with E-state index >= 15 is 0 Å². The van der Waals surface area contributed by atoms with Crippen LogP contribution in [0.1, 0.15) is 11.6 Å². The molecular formula is C5H4NO2. The van der Waals surface area contributed by atoms with Crippen molar-refractivity contribution in [3.8, 4) is 0 Å². The van der Waals surface area contributed by atoms with Crippen LogP contribution in [0, 0.1) is 6.92 Å². The molecule has 0 amide bonds. The Morgan fingerprint density at radius 2 is 2.62 bits per heavy atom. The van der Waals surface area contributed by atoms with E-state index in [4.69, 9.17) is 0 Å². The van der Waals surface area contributed by atoms with Gasteiger partial charge in [0.15, 0.2) is 0 Å². The molecule has 3 nitrogen and oxygen atoms in total. The van der Waals surface area contributed by atoms with Crippen LogP contribution in [-0.2, 0) is 4.79 Å². The van der Waals surface area contributed by atoms with Crippen LogP contribution in [0.15, 0.2) is 10.7 Å². The lowest BCUT2D eigenvalue weighted by molar-refractivity contribution is 0.510. The third-order valence-electron chi connectivity index (χ3n) is 0.706. The summed E-state index contributed by atoms with van der Waals surface area (Å²) in [6, 6.07) is 0. The van der Waals surface area contributed by atoms with E-state index in [1.165, 1.54) is 12.5 Å². The topological polar surface area (TPSA) is 43.1 Å². The predicted molar refractivity (Wildman–Crippen MR) is 26.0 cm³/mol. The van der Waals surface area contributed by atoms with E-state index in [1.807, 2.05) is 0 Å². The van der Waals surface area contributed by atoms with Gasteiger partial charge in [0.05, 0.1) is 5.69 Å². The van der Waals surface area contributed by atoms with Crippen LogP contribution in [0.3, 0.4) is 0 Å². The summed E-state index contributed by atoms with van der Waals surface area (Å²) in [7, 11) is 0. The summed E-state index contributed by atoms with van der Waals surface area (Å²) >= 11 is 0. The molecule has 1 rings (SSSR count). The first-order chi connectivity index (χ1) is 3.83. The van der Waals surface area contributed by atoms with E-state index in [-0.39, 0.29) is 5.89 Å². The second kappa shape index (κ2) is 1.78. The van der Waals surface area contributed by atoms with Gasteiger partial charge in [0.25, 0.3) is 12.2 Å². The van der Waals surface area contributed by atoms with Gasteiger partial charge in [-0.05, 0) is 6.92 Å². The van der Waals surface area contributed by atoms with Crippen molar-refractivity contribution >= 4 is 6.29 Å². The first-order valence-electron chi connectivity index (χ1n) is 2.13. The quantitative estimate of drug-likeness (QED) is 0.526. The zero-order valence-electron chi connectivity index (χ0n) is 4.34. The number of oxazole rings is 1. The maximum Gasteiger partial charge on any atom is 0.293 e. The molecule has 0 N–H and O–H groups in total. The number of aryl methyl sites for hydroxylation is 1. The zero-order valence-corrected chi connectivity index (χ0v) is 4.34. The highest BCUT2D eigenvalue weighted by Crippen LogP contribution is 1.94. The number of nitrogens with zero attached hydrogens (tertiary/aromatic N) is 1. The SMILES string of the molecule is Cc1coc([C]=O)n1. The van der Waals surface area contributed by atoms with Gasteiger partial charge in [0.1, 0.15) is 6.26 Å². The van der Waals surface area contributed by atoms with Crippen molar-refractivity contribution in [3.05, 3.63) is 17.8 Å². The van der Waals surface area contributed by atoms with Gasteiger partial charge in [-0.2, -0.15) is 0 Å². The first kappa shape index (κ1) is 5.03. The Hall–Kier alpha value is -1.12. The molecule has 1 aromatic heterocycles. The van der Waals surface area contributed by atoms with E-state index < -0.39 is 0 Å². The maximum atomic E-state index is 9.74. The molecule has 0 bridgehead atoms. The number of hydrogen-bond donors (Lipinski definition) is 0. The Labute approximate surface area is 46.3 Å². The molecule has 0 aliphatic rings. The van der Waals surface area contributed by atoms with Gasteiger partial charge in [-0.1, -0.05) is 0 Å². The lowest BCUT2D eigenvalue weighted by atomic mass is 10.6. The van der Waals surface area contributed by atoms with Gasteiger partial charge in [-0.15, -0.1) is 0 Å². The Bertz CT molecular complexity index is 192. The maximum absolute atomic E-state index is 9.74. The first-order valence-corrected chi connectivity index (χ1v) is 2.13. The van der Waals surface area contributed by atoms with E-state index in [9.17, 15) is 4.79 Å². The Kier molecular flexibility index (Phi) is 1.12. The fraction of sp³-hybridized carbons (Fsp3) is 0.200. The molecule has 0 fully saturated rings. The van der Waals surface area contributed by atoms with E-state index in [0.717, 1.165) is 0 Å².